The van der Waals surface area contributed by atoms with Crippen molar-refractivity contribution in [3.63, 3.8) is 0 Å². The van der Waals surface area contributed by atoms with Crippen LogP contribution in [0.1, 0.15) is 19.8 Å². The molecule has 2 heteroatoms. The van der Waals surface area contributed by atoms with E-state index < -0.39 is 0 Å². The minimum atomic E-state index is -0.203. The molecule has 78 valence electrons. The van der Waals surface area contributed by atoms with Crippen molar-refractivity contribution in [3.8, 4) is 0 Å². The van der Waals surface area contributed by atoms with Gasteiger partial charge < -0.3 is 10.4 Å². The molecule has 0 aromatic rings. The van der Waals surface area contributed by atoms with Crippen LogP contribution in [0, 0.1) is 11.8 Å². The minimum Gasteiger partial charge on any atom is -0.393 e. The van der Waals surface area contributed by atoms with E-state index in [9.17, 15) is 5.11 Å². The maximum atomic E-state index is 9.66. The van der Waals surface area contributed by atoms with Gasteiger partial charge in [-0.2, -0.15) is 0 Å². The second-order valence-electron chi connectivity index (χ2n) is 4.35. The summed E-state index contributed by atoms with van der Waals surface area (Å²) in [6.45, 7) is 3.87. The van der Waals surface area contributed by atoms with Gasteiger partial charge in [0.15, 0.2) is 0 Å². The van der Waals surface area contributed by atoms with Crippen LogP contribution in [-0.2, 0) is 0 Å². The van der Waals surface area contributed by atoms with Crippen molar-refractivity contribution in [2.24, 2.45) is 11.8 Å². The SMILES string of the molecule is C[C@H](O)[C@@H]1CNC[C@H]1C1=CCCC=C1. The number of hydrogen-bond acceptors (Lipinski definition) is 2. The van der Waals surface area contributed by atoms with E-state index in [2.05, 4.69) is 23.5 Å². The van der Waals surface area contributed by atoms with Crippen LogP contribution in [0.2, 0.25) is 0 Å². The summed E-state index contributed by atoms with van der Waals surface area (Å²) in [5.41, 5.74) is 1.42. The van der Waals surface area contributed by atoms with Crippen LogP contribution in [0.3, 0.4) is 0 Å². The molecule has 3 atom stereocenters. The van der Waals surface area contributed by atoms with Gasteiger partial charge in [0.1, 0.15) is 0 Å². The minimum absolute atomic E-state index is 0.203. The lowest BCUT2D eigenvalue weighted by Gasteiger charge is -2.23. The van der Waals surface area contributed by atoms with Gasteiger partial charge in [-0.3, -0.25) is 0 Å². The predicted octanol–water partition coefficient (Wildman–Crippen LogP) is 1.48. The zero-order valence-corrected chi connectivity index (χ0v) is 8.74. The van der Waals surface area contributed by atoms with E-state index in [1.54, 1.807) is 0 Å². The lowest BCUT2D eigenvalue weighted by atomic mass is 9.83. The largest absolute Gasteiger partial charge is 0.393 e. The highest BCUT2D eigenvalue weighted by Crippen LogP contribution is 2.30. The molecule has 0 aromatic carbocycles. The monoisotopic (exact) mass is 193 g/mol. The van der Waals surface area contributed by atoms with Gasteiger partial charge in [-0.15, -0.1) is 0 Å². The third-order valence-electron chi connectivity index (χ3n) is 3.33. The highest BCUT2D eigenvalue weighted by atomic mass is 16.3. The number of nitrogens with one attached hydrogen (secondary N) is 1. The Balaban J connectivity index is 2.09. The molecule has 2 rings (SSSR count). The standard InChI is InChI=1S/C12H19NO/c1-9(14)11-7-13-8-12(11)10-5-3-2-4-6-10/h3,5-6,9,11-14H,2,4,7-8H2,1H3/t9-,11-,12-/m0/s1. The van der Waals surface area contributed by atoms with E-state index in [1.807, 2.05) is 6.92 Å². The summed E-state index contributed by atoms with van der Waals surface area (Å²) in [5.74, 6) is 0.913. The normalized spacial score (nSPS) is 34.3. The highest BCUT2D eigenvalue weighted by Gasteiger charge is 2.32. The van der Waals surface area contributed by atoms with E-state index in [4.69, 9.17) is 0 Å². The number of hydrogen-bond donors (Lipinski definition) is 2. The first kappa shape index (κ1) is 9.94. The Bertz CT molecular complexity index is 255. The van der Waals surface area contributed by atoms with Crippen molar-refractivity contribution >= 4 is 0 Å². The second kappa shape index (κ2) is 4.28. The maximum absolute atomic E-state index is 9.66. The van der Waals surface area contributed by atoms with Gasteiger partial charge in [0, 0.05) is 24.9 Å². The topological polar surface area (TPSA) is 32.3 Å². The molecule has 1 fully saturated rings. The predicted molar refractivity (Wildman–Crippen MR) is 58.0 cm³/mol. The summed E-state index contributed by atoms with van der Waals surface area (Å²) in [4.78, 5) is 0. The van der Waals surface area contributed by atoms with E-state index in [-0.39, 0.29) is 6.10 Å². The van der Waals surface area contributed by atoms with Gasteiger partial charge in [-0.05, 0) is 25.3 Å². The van der Waals surface area contributed by atoms with Crippen molar-refractivity contribution < 1.29 is 5.11 Å². The molecule has 0 spiro atoms. The van der Waals surface area contributed by atoms with Crippen LogP contribution < -0.4 is 5.32 Å². The van der Waals surface area contributed by atoms with Crippen LogP contribution in [0.4, 0.5) is 0 Å². The molecular weight excluding hydrogens is 174 g/mol. The Morgan fingerprint density at radius 2 is 2.29 bits per heavy atom. The fourth-order valence-electron chi connectivity index (χ4n) is 2.48. The second-order valence-corrected chi connectivity index (χ2v) is 4.35. The lowest BCUT2D eigenvalue weighted by Crippen LogP contribution is -2.25. The fourth-order valence-corrected chi connectivity index (χ4v) is 2.48. The molecule has 1 aliphatic carbocycles. The number of allylic oxidation sites excluding steroid dienone is 3. The van der Waals surface area contributed by atoms with E-state index in [0.29, 0.717) is 11.8 Å². The summed E-state index contributed by atoms with van der Waals surface area (Å²) in [7, 11) is 0. The number of aliphatic hydroxyl groups excluding tert-OH is 1. The first-order valence-corrected chi connectivity index (χ1v) is 5.54. The molecule has 1 heterocycles. The first-order valence-electron chi connectivity index (χ1n) is 5.54. The summed E-state index contributed by atoms with van der Waals surface area (Å²) in [6, 6.07) is 0. The van der Waals surface area contributed by atoms with Gasteiger partial charge in [-0.1, -0.05) is 18.2 Å². The summed E-state index contributed by atoms with van der Waals surface area (Å²) < 4.78 is 0. The average Bonchev–Trinajstić information content (AvgIpc) is 2.67. The Kier molecular flexibility index (Phi) is 3.04. The molecule has 0 radical (unpaired) electrons. The fraction of sp³-hybridized carbons (Fsp3) is 0.667. The third kappa shape index (κ3) is 1.91. The van der Waals surface area contributed by atoms with Crippen molar-refractivity contribution in [3.05, 3.63) is 23.8 Å². The van der Waals surface area contributed by atoms with Crippen LogP contribution in [0.25, 0.3) is 0 Å². The molecule has 2 aliphatic rings. The third-order valence-corrected chi connectivity index (χ3v) is 3.33. The van der Waals surface area contributed by atoms with Crippen LogP contribution >= 0.6 is 0 Å². The Morgan fingerprint density at radius 3 is 2.93 bits per heavy atom. The van der Waals surface area contributed by atoms with Crippen molar-refractivity contribution in [2.75, 3.05) is 13.1 Å². The zero-order chi connectivity index (χ0) is 9.97. The molecule has 2 nitrogen and oxygen atoms in total. The van der Waals surface area contributed by atoms with Crippen LogP contribution in [0.5, 0.6) is 0 Å². The quantitative estimate of drug-likeness (QED) is 0.696. The molecule has 0 aromatic heterocycles. The van der Waals surface area contributed by atoms with Gasteiger partial charge >= 0.3 is 0 Å². The van der Waals surface area contributed by atoms with Gasteiger partial charge in [0.05, 0.1) is 6.10 Å². The summed E-state index contributed by atoms with van der Waals surface area (Å²) in [6.07, 6.45) is 8.93. The lowest BCUT2D eigenvalue weighted by molar-refractivity contribution is 0.119. The summed E-state index contributed by atoms with van der Waals surface area (Å²) >= 11 is 0. The molecule has 1 saturated heterocycles. The van der Waals surface area contributed by atoms with Gasteiger partial charge in [-0.25, -0.2) is 0 Å². The molecule has 2 N–H and O–H groups in total. The highest BCUT2D eigenvalue weighted by molar-refractivity contribution is 5.27. The number of rotatable bonds is 2. The maximum Gasteiger partial charge on any atom is 0.0558 e. The molecular formula is C12H19NO. The zero-order valence-electron chi connectivity index (χ0n) is 8.74. The van der Waals surface area contributed by atoms with Crippen LogP contribution in [0.15, 0.2) is 23.8 Å². The molecule has 14 heavy (non-hydrogen) atoms. The van der Waals surface area contributed by atoms with E-state index in [1.165, 1.54) is 12.0 Å². The Labute approximate surface area is 85.7 Å². The molecule has 1 aliphatic heterocycles. The molecule has 0 saturated carbocycles. The average molecular weight is 193 g/mol. The van der Waals surface area contributed by atoms with Crippen molar-refractivity contribution in [2.45, 2.75) is 25.9 Å². The van der Waals surface area contributed by atoms with Gasteiger partial charge in [0.25, 0.3) is 0 Å². The Hall–Kier alpha value is -0.600. The smallest absolute Gasteiger partial charge is 0.0558 e. The van der Waals surface area contributed by atoms with E-state index >= 15 is 0 Å². The number of aliphatic hydroxyl groups is 1. The molecule has 0 bridgehead atoms. The van der Waals surface area contributed by atoms with Gasteiger partial charge in [0.2, 0.25) is 0 Å². The van der Waals surface area contributed by atoms with Crippen molar-refractivity contribution in [1.29, 1.82) is 0 Å². The van der Waals surface area contributed by atoms with Crippen molar-refractivity contribution in [1.82, 2.24) is 5.32 Å². The van der Waals surface area contributed by atoms with Crippen LogP contribution in [-0.4, -0.2) is 24.3 Å². The molecule has 0 amide bonds. The van der Waals surface area contributed by atoms with E-state index in [0.717, 1.165) is 19.5 Å². The first-order chi connectivity index (χ1) is 6.79. The Morgan fingerprint density at radius 1 is 1.43 bits per heavy atom. The molecule has 0 unspecified atom stereocenters. The summed E-state index contributed by atoms with van der Waals surface area (Å²) in [5, 5.41) is 13.0.